The van der Waals surface area contributed by atoms with Gasteiger partial charge in [-0.25, -0.2) is 4.39 Å². The molecule has 0 aliphatic carbocycles. The quantitative estimate of drug-likeness (QED) is 0.543. The minimum absolute atomic E-state index is 0.133. The normalized spacial score (nSPS) is 15.5. The summed E-state index contributed by atoms with van der Waals surface area (Å²) in [6, 6.07) is 11.1. The highest BCUT2D eigenvalue weighted by Crippen LogP contribution is 2.40. The first-order valence-electron chi connectivity index (χ1n) is 9.94. The minimum atomic E-state index is -0.261. The molecule has 3 rings (SSSR count). The summed E-state index contributed by atoms with van der Waals surface area (Å²) < 4.78 is 20.6. The lowest BCUT2D eigenvalue weighted by molar-refractivity contribution is 0.341. The summed E-state index contributed by atoms with van der Waals surface area (Å²) in [6.07, 6.45) is 4.85. The highest BCUT2D eigenvalue weighted by atomic mass is 19.1. The number of rotatable bonds is 6. The Bertz CT molecular complexity index is 915. The number of halogens is 1. The Kier molecular flexibility index (Phi) is 5.87. The molecule has 0 fully saturated rings. The molecule has 0 aromatic heterocycles. The molecule has 0 spiro atoms. The van der Waals surface area contributed by atoms with Gasteiger partial charge in [0.15, 0.2) is 0 Å². The highest BCUT2D eigenvalue weighted by molar-refractivity contribution is 5.89. The SMILES string of the molecule is CCCN1c2cc(F)c(C=Nc3ccccc3OCC)cc2C(C)=CC1(C)C. The van der Waals surface area contributed by atoms with Gasteiger partial charge >= 0.3 is 0 Å². The molecule has 0 amide bonds. The summed E-state index contributed by atoms with van der Waals surface area (Å²) in [5, 5.41) is 0. The van der Waals surface area contributed by atoms with E-state index in [-0.39, 0.29) is 11.4 Å². The van der Waals surface area contributed by atoms with Crippen molar-refractivity contribution in [2.24, 2.45) is 4.99 Å². The molecule has 3 nitrogen and oxygen atoms in total. The van der Waals surface area contributed by atoms with Crippen molar-refractivity contribution >= 4 is 23.2 Å². The molecule has 1 heterocycles. The van der Waals surface area contributed by atoms with Crippen LogP contribution in [0, 0.1) is 5.82 Å². The standard InChI is InChI=1S/C24H29FN2O/c1-6-12-27-22-14-20(25)18(13-19(22)17(3)15-24(27,4)5)16-26-21-10-8-9-11-23(21)28-7-2/h8-11,13-16H,6-7,12H2,1-5H3. The van der Waals surface area contributed by atoms with Crippen LogP contribution in [0.5, 0.6) is 5.75 Å². The number of anilines is 1. The summed E-state index contributed by atoms with van der Waals surface area (Å²) >= 11 is 0. The summed E-state index contributed by atoms with van der Waals surface area (Å²) in [7, 11) is 0. The van der Waals surface area contributed by atoms with Crippen molar-refractivity contribution in [2.75, 3.05) is 18.1 Å². The van der Waals surface area contributed by atoms with E-state index in [1.807, 2.05) is 37.3 Å². The molecular weight excluding hydrogens is 351 g/mol. The molecule has 0 unspecified atom stereocenters. The van der Waals surface area contributed by atoms with Crippen molar-refractivity contribution in [3.63, 3.8) is 0 Å². The molecule has 0 saturated carbocycles. The topological polar surface area (TPSA) is 24.8 Å². The average molecular weight is 381 g/mol. The smallest absolute Gasteiger partial charge is 0.144 e. The van der Waals surface area contributed by atoms with E-state index >= 15 is 0 Å². The van der Waals surface area contributed by atoms with Crippen molar-refractivity contribution in [3.05, 3.63) is 59.4 Å². The summed E-state index contributed by atoms with van der Waals surface area (Å²) in [5.41, 5.74) is 4.23. The third-order valence-corrected chi connectivity index (χ3v) is 5.05. The molecule has 148 valence electrons. The van der Waals surface area contributed by atoms with Crippen LogP contribution < -0.4 is 9.64 Å². The van der Waals surface area contributed by atoms with E-state index in [2.05, 4.69) is 43.7 Å². The first-order valence-corrected chi connectivity index (χ1v) is 9.94. The highest BCUT2D eigenvalue weighted by Gasteiger charge is 2.31. The second-order valence-corrected chi connectivity index (χ2v) is 7.68. The van der Waals surface area contributed by atoms with Crippen molar-refractivity contribution in [1.29, 1.82) is 0 Å². The number of ether oxygens (including phenoxy) is 1. The van der Waals surface area contributed by atoms with E-state index in [0.717, 1.165) is 29.8 Å². The third kappa shape index (κ3) is 3.96. The van der Waals surface area contributed by atoms with Gasteiger partial charge < -0.3 is 9.64 Å². The van der Waals surface area contributed by atoms with Crippen LogP contribution in [0.25, 0.3) is 5.57 Å². The molecule has 0 atom stereocenters. The van der Waals surface area contributed by atoms with Crippen molar-refractivity contribution < 1.29 is 9.13 Å². The van der Waals surface area contributed by atoms with E-state index in [1.54, 1.807) is 12.3 Å². The fraction of sp³-hybridized carbons (Fsp3) is 0.375. The maximum absolute atomic E-state index is 15.0. The summed E-state index contributed by atoms with van der Waals surface area (Å²) in [5.74, 6) is 0.439. The number of benzene rings is 2. The zero-order valence-corrected chi connectivity index (χ0v) is 17.4. The minimum Gasteiger partial charge on any atom is -0.492 e. The monoisotopic (exact) mass is 380 g/mol. The Balaban J connectivity index is 2.01. The Morgan fingerprint density at radius 2 is 1.93 bits per heavy atom. The molecule has 0 N–H and O–H groups in total. The van der Waals surface area contributed by atoms with Crippen LogP contribution in [0.3, 0.4) is 0 Å². The largest absolute Gasteiger partial charge is 0.492 e. The van der Waals surface area contributed by atoms with Gasteiger partial charge in [-0.15, -0.1) is 0 Å². The van der Waals surface area contributed by atoms with Gasteiger partial charge in [-0.1, -0.05) is 25.1 Å². The molecule has 28 heavy (non-hydrogen) atoms. The Labute approximate surface area is 167 Å². The van der Waals surface area contributed by atoms with Gasteiger partial charge in [0.05, 0.1) is 12.1 Å². The lowest BCUT2D eigenvalue weighted by Gasteiger charge is -2.43. The second-order valence-electron chi connectivity index (χ2n) is 7.68. The number of para-hydroxylation sites is 2. The Hall–Kier alpha value is -2.62. The maximum Gasteiger partial charge on any atom is 0.144 e. The molecule has 0 radical (unpaired) electrons. The van der Waals surface area contributed by atoms with Crippen LogP contribution in [-0.4, -0.2) is 24.9 Å². The van der Waals surface area contributed by atoms with Crippen LogP contribution in [0.4, 0.5) is 15.8 Å². The molecule has 0 saturated heterocycles. The second kappa shape index (κ2) is 8.17. The Morgan fingerprint density at radius 3 is 2.64 bits per heavy atom. The van der Waals surface area contributed by atoms with Crippen LogP contribution in [0.15, 0.2) is 47.5 Å². The first kappa shape index (κ1) is 20.1. The van der Waals surface area contributed by atoms with Gasteiger partial charge in [-0.2, -0.15) is 0 Å². The molecule has 4 heteroatoms. The predicted octanol–water partition coefficient (Wildman–Crippen LogP) is 6.39. The third-order valence-electron chi connectivity index (χ3n) is 5.05. The van der Waals surface area contributed by atoms with Gasteiger partial charge in [0.2, 0.25) is 0 Å². The number of aliphatic imine (C=N–C) groups is 1. The molecule has 1 aliphatic rings. The summed E-state index contributed by atoms with van der Waals surface area (Å²) in [6.45, 7) is 12.0. The average Bonchev–Trinajstić information content (AvgIpc) is 2.64. The van der Waals surface area contributed by atoms with Gasteiger partial charge in [0, 0.05) is 29.6 Å². The van der Waals surface area contributed by atoms with Crippen molar-refractivity contribution in [1.82, 2.24) is 0 Å². The number of fused-ring (bicyclic) bond motifs is 1. The van der Waals surface area contributed by atoms with E-state index < -0.39 is 0 Å². The van der Waals surface area contributed by atoms with Gasteiger partial charge in [-0.05, 0) is 64.0 Å². The number of hydrogen-bond acceptors (Lipinski definition) is 3. The van der Waals surface area contributed by atoms with Crippen LogP contribution in [0.1, 0.15) is 52.2 Å². The molecule has 1 aliphatic heterocycles. The zero-order chi connectivity index (χ0) is 20.3. The predicted molar refractivity (Wildman–Crippen MR) is 117 cm³/mol. The number of allylic oxidation sites excluding steroid dienone is 1. The van der Waals surface area contributed by atoms with Crippen LogP contribution in [-0.2, 0) is 0 Å². The maximum atomic E-state index is 15.0. The molecule has 2 aromatic rings. The number of nitrogens with zero attached hydrogens (tertiary/aromatic N) is 2. The lowest BCUT2D eigenvalue weighted by Crippen LogP contribution is -2.45. The van der Waals surface area contributed by atoms with E-state index in [4.69, 9.17) is 4.74 Å². The zero-order valence-electron chi connectivity index (χ0n) is 17.4. The fourth-order valence-corrected chi connectivity index (χ4v) is 3.83. The van der Waals surface area contributed by atoms with E-state index in [0.29, 0.717) is 23.6 Å². The molecular formula is C24H29FN2O. The Morgan fingerprint density at radius 1 is 1.18 bits per heavy atom. The van der Waals surface area contributed by atoms with Crippen LogP contribution >= 0.6 is 0 Å². The van der Waals surface area contributed by atoms with Gasteiger partial charge in [-0.3, -0.25) is 4.99 Å². The first-order chi connectivity index (χ1) is 13.4. The van der Waals surface area contributed by atoms with Crippen LogP contribution in [0.2, 0.25) is 0 Å². The van der Waals surface area contributed by atoms with Gasteiger partial charge in [0.25, 0.3) is 0 Å². The lowest BCUT2D eigenvalue weighted by atomic mass is 9.87. The van der Waals surface area contributed by atoms with Crippen molar-refractivity contribution in [3.8, 4) is 5.75 Å². The van der Waals surface area contributed by atoms with E-state index in [1.165, 1.54) is 0 Å². The van der Waals surface area contributed by atoms with Crippen molar-refractivity contribution in [2.45, 2.75) is 46.6 Å². The van der Waals surface area contributed by atoms with Gasteiger partial charge in [0.1, 0.15) is 17.3 Å². The number of hydrogen-bond donors (Lipinski definition) is 0. The summed E-state index contributed by atoms with van der Waals surface area (Å²) in [4.78, 5) is 6.77. The van der Waals surface area contributed by atoms with E-state index in [9.17, 15) is 4.39 Å². The molecule has 0 bridgehead atoms. The molecule has 2 aromatic carbocycles. The fourth-order valence-electron chi connectivity index (χ4n) is 3.83.